The highest BCUT2D eigenvalue weighted by Crippen LogP contribution is 2.46. The molecule has 2 aromatic carbocycles. The van der Waals surface area contributed by atoms with Crippen LogP contribution in [0.5, 0.6) is 0 Å². The predicted octanol–water partition coefficient (Wildman–Crippen LogP) is 5.90. The molecule has 1 aliphatic heterocycles. The number of hydrogen-bond donors (Lipinski definition) is 3. The van der Waals surface area contributed by atoms with E-state index in [9.17, 15) is 31.5 Å². The first-order valence-corrected chi connectivity index (χ1v) is 13.3. The maximum Gasteiger partial charge on any atom is 0.453 e. The molecule has 0 bridgehead atoms. The fourth-order valence-corrected chi connectivity index (χ4v) is 5.35. The number of hydrogen-bond acceptors (Lipinski definition) is 6. The van der Waals surface area contributed by atoms with E-state index in [4.69, 9.17) is 22.4 Å². The number of aromatic nitrogens is 4. The summed E-state index contributed by atoms with van der Waals surface area (Å²) in [6, 6.07) is 9.60. The predicted molar refractivity (Wildman–Crippen MR) is 148 cm³/mol. The second-order valence-electron chi connectivity index (χ2n) is 10.5. The van der Waals surface area contributed by atoms with Gasteiger partial charge in [-0.25, -0.2) is 9.97 Å². The Balaban J connectivity index is 1.55. The lowest BCUT2D eigenvalue weighted by Gasteiger charge is -2.24. The van der Waals surface area contributed by atoms with Gasteiger partial charge in [-0.2, -0.15) is 27.1 Å². The van der Waals surface area contributed by atoms with Crippen LogP contribution in [0.1, 0.15) is 42.0 Å². The van der Waals surface area contributed by atoms with E-state index in [1.807, 2.05) is 0 Å². The maximum absolute atomic E-state index is 13.7. The molecular weight excluding hydrogens is 599 g/mol. The van der Waals surface area contributed by atoms with Gasteiger partial charge in [-0.15, -0.1) is 0 Å². The Kier molecular flexibility index (Phi) is 7.31. The number of fused-ring (bicyclic) bond motifs is 2. The summed E-state index contributed by atoms with van der Waals surface area (Å²) in [5.74, 6) is -6.40. The average Bonchev–Trinajstić information content (AvgIpc) is 3.40. The zero-order chi connectivity index (χ0) is 31.5. The van der Waals surface area contributed by atoms with Crippen LogP contribution in [0.15, 0.2) is 36.4 Å². The van der Waals surface area contributed by atoms with Crippen LogP contribution < -0.4 is 11.1 Å². The van der Waals surface area contributed by atoms with Gasteiger partial charge >= 0.3 is 18.1 Å². The number of halogens is 6. The van der Waals surface area contributed by atoms with Crippen molar-refractivity contribution in [2.24, 2.45) is 0 Å². The molecule has 5 rings (SSSR count). The highest BCUT2D eigenvalue weighted by molar-refractivity contribution is 6.31. The molecule has 4 aromatic rings. The topological polar surface area (TPSA) is 136 Å². The molecule has 0 aliphatic carbocycles. The van der Waals surface area contributed by atoms with Crippen molar-refractivity contribution >= 4 is 46.0 Å². The van der Waals surface area contributed by atoms with E-state index in [1.54, 1.807) is 32.0 Å². The Morgan fingerprint density at radius 3 is 2.51 bits per heavy atom. The molecule has 0 fully saturated rings. The summed E-state index contributed by atoms with van der Waals surface area (Å²) in [5.41, 5.74) is 7.73. The molecule has 1 atom stereocenters. The summed E-state index contributed by atoms with van der Waals surface area (Å²) in [5, 5.41) is 16.5. The van der Waals surface area contributed by atoms with Crippen molar-refractivity contribution in [1.82, 2.24) is 19.7 Å². The number of nitrogens with one attached hydrogen (secondary N) is 1. The summed E-state index contributed by atoms with van der Waals surface area (Å²) < 4.78 is 66.7. The van der Waals surface area contributed by atoms with Gasteiger partial charge in [0.05, 0.1) is 11.1 Å². The zero-order valence-corrected chi connectivity index (χ0v) is 23.4. The van der Waals surface area contributed by atoms with Crippen molar-refractivity contribution in [2.45, 2.75) is 57.2 Å². The fraction of sp³-hybridized carbons (Fsp3) is 0.321. The number of carbonyl (C=O) groups excluding carboxylic acids is 1. The lowest BCUT2D eigenvalue weighted by molar-refractivity contribution is -0.285. The van der Waals surface area contributed by atoms with Gasteiger partial charge in [-0.1, -0.05) is 29.8 Å². The van der Waals surface area contributed by atoms with Gasteiger partial charge in [-0.3, -0.25) is 14.3 Å². The lowest BCUT2D eigenvalue weighted by Crippen LogP contribution is -2.37. The monoisotopic (exact) mass is 622 g/mol. The molecule has 226 valence electrons. The molecule has 1 aliphatic rings. The second-order valence-corrected chi connectivity index (χ2v) is 10.9. The first-order valence-electron chi connectivity index (χ1n) is 12.9. The van der Waals surface area contributed by atoms with Crippen LogP contribution in [0, 0.1) is 6.92 Å². The van der Waals surface area contributed by atoms with Crippen LogP contribution in [0.4, 0.5) is 33.6 Å². The van der Waals surface area contributed by atoms with Gasteiger partial charge in [0.1, 0.15) is 22.7 Å². The first-order chi connectivity index (χ1) is 20.0. The normalized spacial score (nSPS) is 16.9. The Morgan fingerprint density at radius 2 is 1.86 bits per heavy atom. The molecule has 4 N–H and O–H groups in total. The standard InChI is InChI=1S/C28H24ClF5N6O3/c1-13-11-15(5-3-14(13)4-8-19(41)42)26(2)20-22(35)36-24(37-23(20)38-25(26)43)21-17-7-6-16(29)12-18(17)40(39-21)10-9-27(30,31)28(32,33)34/h3,5-7,11-12H,4,8-10H2,1-2H3,(H,41,42)(H3,35,36,37,38,43)/t26-/m1/s1. The van der Waals surface area contributed by atoms with E-state index < -0.39 is 42.4 Å². The SMILES string of the molecule is Cc1cc([C@@]2(C)C(=O)Nc3nc(-c4nn(CCC(F)(F)C(F)(F)F)c5cc(Cl)ccc45)nc(N)c32)ccc1CCC(=O)O. The van der Waals surface area contributed by atoms with Gasteiger partial charge in [0.2, 0.25) is 5.91 Å². The van der Waals surface area contributed by atoms with E-state index in [0.29, 0.717) is 17.4 Å². The Bertz CT molecular complexity index is 1790. The minimum Gasteiger partial charge on any atom is -0.481 e. The van der Waals surface area contributed by atoms with Crippen molar-refractivity contribution in [3.8, 4) is 11.5 Å². The number of nitrogen functional groups attached to an aromatic ring is 1. The van der Waals surface area contributed by atoms with Gasteiger partial charge < -0.3 is 16.2 Å². The molecule has 1 amide bonds. The summed E-state index contributed by atoms with van der Waals surface area (Å²) in [6.45, 7) is 2.66. The molecule has 2 aromatic heterocycles. The lowest BCUT2D eigenvalue weighted by atomic mass is 9.76. The van der Waals surface area contributed by atoms with Gasteiger partial charge in [0.25, 0.3) is 0 Å². The molecule has 0 saturated heterocycles. The van der Waals surface area contributed by atoms with Crippen molar-refractivity contribution in [3.63, 3.8) is 0 Å². The zero-order valence-electron chi connectivity index (χ0n) is 22.7. The number of carboxylic acids is 1. The Morgan fingerprint density at radius 1 is 1.14 bits per heavy atom. The number of rotatable bonds is 8. The van der Waals surface area contributed by atoms with Gasteiger partial charge in [-0.05, 0) is 55.2 Å². The van der Waals surface area contributed by atoms with Crippen LogP contribution in [-0.4, -0.2) is 48.8 Å². The largest absolute Gasteiger partial charge is 0.481 e. The van der Waals surface area contributed by atoms with Gasteiger partial charge in [0.15, 0.2) is 5.82 Å². The van der Waals surface area contributed by atoms with E-state index in [0.717, 1.165) is 15.8 Å². The maximum atomic E-state index is 13.7. The number of aryl methyl sites for hydroxylation is 3. The summed E-state index contributed by atoms with van der Waals surface area (Å²) in [4.78, 5) is 33.2. The third kappa shape index (κ3) is 5.24. The van der Waals surface area contributed by atoms with E-state index in [-0.39, 0.29) is 45.7 Å². The third-order valence-electron chi connectivity index (χ3n) is 7.63. The van der Waals surface area contributed by atoms with Crippen LogP contribution in [0.25, 0.3) is 22.4 Å². The molecule has 43 heavy (non-hydrogen) atoms. The molecule has 0 spiro atoms. The van der Waals surface area contributed by atoms with Gasteiger partial charge in [0, 0.05) is 29.8 Å². The molecule has 0 unspecified atom stereocenters. The van der Waals surface area contributed by atoms with Crippen LogP contribution in [0.3, 0.4) is 0 Å². The molecule has 0 radical (unpaired) electrons. The molecule has 15 heteroatoms. The van der Waals surface area contributed by atoms with Crippen molar-refractivity contribution < 1.29 is 36.6 Å². The number of benzene rings is 2. The smallest absolute Gasteiger partial charge is 0.453 e. The quantitative estimate of drug-likeness (QED) is 0.208. The number of carbonyl (C=O) groups is 2. The van der Waals surface area contributed by atoms with Crippen molar-refractivity contribution in [1.29, 1.82) is 0 Å². The molecular formula is C28H24ClF5N6O3. The van der Waals surface area contributed by atoms with Crippen molar-refractivity contribution in [3.05, 3.63) is 63.7 Å². The number of amides is 1. The van der Waals surface area contributed by atoms with E-state index in [2.05, 4.69) is 20.4 Å². The Labute approximate surface area is 245 Å². The summed E-state index contributed by atoms with van der Waals surface area (Å²) in [7, 11) is 0. The number of nitrogens with two attached hydrogens (primary N) is 1. The van der Waals surface area contributed by atoms with Crippen LogP contribution in [-0.2, 0) is 28.0 Å². The second kappa shape index (κ2) is 10.4. The summed E-state index contributed by atoms with van der Waals surface area (Å²) in [6.07, 6.45) is -7.02. The first kappa shape index (κ1) is 30.1. The molecule has 9 nitrogen and oxygen atoms in total. The fourth-order valence-electron chi connectivity index (χ4n) is 5.19. The number of alkyl halides is 5. The number of aliphatic carboxylic acids is 1. The number of carboxylic acid groups (broad SMARTS) is 1. The average molecular weight is 623 g/mol. The molecule has 3 heterocycles. The third-order valence-corrected chi connectivity index (χ3v) is 7.86. The number of nitrogens with zero attached hydrogens (tertiary/aromatic N) is 4. The van der Waals surface area contributed by atoms with Crippen LogP contribution in [0.2, 0.25) is 5.02 Å². The minimum absolute atomic E-state index is 0.0398. The van der Waals surface area contributed by atoms with Crippen LogP contribution >= 0.6 is 11.6 Å². The van der Waals surface area contributed by atoms with E-state index in [1.165, 1.54) is 18.2 Å². The Hall–Kier alpha value is -4.33. The molecule has 0 saturated carbocycles. The van der Waals surface area contributed by atoms with E-state index >= 15 is 0 Å². The highest BCUT2D eigenvalue weighted by atomic mass is 35.5. The van der Waals surface area contributed by atoms with Crippen molar-refractivity contribution in [2.75, 3.05) is 11.1 Å². The summed E-state index contributed by atoms with van der Waals surface area (Å²) >= 11 is 6.07. The number of anilines is 2. The minimum atomic E-state index is -5.73. The highest BCUT2D eigenvalue weighted by Gasteiger charge is 2.56.